The first-order valence-corrected chi connectivity index (χ1v) is 5.92. The van der Waals surface area contributed by atoms with Crippen molar-refractivity contribution in [3.63, 3.8) is 0 Å². The van der Waals surface area contributed by atoms with Gasteiger partial charge in [-0.3, -0.25) is 4.79 Å². The number of carbonyl (C=O) groups is 1. The van der Waals surface area contributed by atoms with Gasteiger partial charge in [-0.05, 0) is 25.0 Å². The molecule has 1 fully saturated rings. The second-order valence-corrected chi connectivity index (χ2v) is 4.58. The molecule has 4 nitrogen and oxygen atoms in total. The minimum Gasteiger partial charge on any atom is -0.481 e. The summed E-state index contributed by atoms with van der Waals surface area (Å²) < 4.78 is 2.03. The van der Waals surface area contributed by atoms with E-state index >= 15 is 0 Å². The van der Waals surface area contributed by atoms with Crippen LogP contribution >= 0.6 is 0 Å². The molecule has 0 amide bonds. The zero-order valence-corrected chi connectivity index (χ0v) is 9.41. The van der Waals surface area contributed by atoms with Crippen molar-refractivity contribution in [3.05, 3.63) is 30.6 Å². The number of aromatic nitrogens is 2. The number of carboxylic acid groups (broad SMARTS) is 1. The molecule has 1 aliphatic carbocycles. The molecular formula is C13H14N2O2. The first-order chi connectivity index (χ1) is 8.27. The highest BCUT2D eigenvalue weighted by molar-refractivity contribution is 5.76. The molecule has 2 aromatic rings. The van der Waals surface area contributed by atoms with E-state index < -0.39 is 5.97 Å². The Bertz CT molecular complexity index is 561. The van der Waals surface area contributed by atoms with Crippen molar-refractivity contribution >= 4 is 17.0 Å². The van der Waals surface area contributed by atoms with Gasteiger partial charge in [-0.25, -0.2) is 4.98 Å². The Labute approximate surface area is 98.9 Å². The third-order valence-corrected chi connectivity index (χ3v) is 3.64. The van der Waals surface area contributed by atoms with E-state index in [0.29, 0.717) is 0 Å². The lowest BCUT2D eigenvalue weighted by Crippen LogP contribution is -2.21. The van der Waals surface area contributed by atoms with Crippen molar-refractivity contribution in [2.45, 2.75) is 25.3 Å². The number of rotatable bonds is 2. The Morgan fingerprint density at radius 2 is 2.18 bits per heavy atom. The van der Waals surface area contributed by atoms with Crippen molar-refractivity contribution in [1.29, 1.82) is 0 Å². The summed E-state index contributed by atoms with van der Waals surface area (Å²) in [4.78, 5) is 15.5. The minimum atomic E-state index is -0.690. The predicted molar refractivity (Wildman–Crippen MR) is 63.7 cm³/mol. The van der Waals surface area contributed by atoms with Crippen molar-refractivity contribution < 1.29 is 9.90 Å². The summed E-state index contributed by atoms with van der Waals surface area (Å²) in [6.45, 7) is 0. The molecule has 0 saturated heterocycles. The molecule has 1 aromatic carbocycles. The van der Waals surface area contributed by atoms with Crippen LogP contribution in [0.4, 0.5) is 0 Å². The molecule has 88 valence electrons. The van der Waals surface area contributed by atoms with E-state index in [0.717, 1.165) is 30.3 Å². The fraction of sp³-hybridized carbons (Fsp3) is 0.385. The fourth-order valence-electron chi connectivity index (χ4n) is 2.80. The maximum atomic E-state index is 11.2. The number of para-hydroxylation sites is 2. The summed E-state index contributed by atoms with van der Waals surface area (Å²) in [6, 6.07) is 7.92. The number of hydrogen-bond acceptors (Lipinski definition) is 2. The van der Waals surface area contributed by atoms with E-state index in [-0.39, 0.29) is 12.0 Å². The summed E-state index contributed by atoms with van der Waals surface area (Å²) in [5.74, 6) is -0.960. The van der Waals surface area contributed by atoms with Crippen LogP contribution in [0, 0.1) is 5.92 Å². The lowest BCUT2D eigenvalue weighted by molar-refractivity contribution is -0.142. The number of hydrogen-bond donors (Lipinski definition) is 1. The SMILES string of the molecule is O=C(O)C1CCCC1n1cnc2ccccc21. The van der Waals surface area contributed by atoms with Gasteiger partial charge in [0.2, 0.25) is 0 Å². The number of benzene rings is 1. The van der Waals surface area contributed by atoms with Crippen molar-refractivity contribution in [2.24, 2.45) is 5.92 Å². The van der Waals surface area contributed by atoms with Gasteiger partial charge < -0.3 is 9.67 Å². The molecule has 0 bridgehead atoms. The number of fused-ring (bicyclic) bond motifs is 1. The summed E-state index contributed by atoms with van der Waals surface area (Å²) >= 11 is 0. The normalized spacial score (nSPS) is 24.2. The van der Waals surface area contributed by atoms with Gasteiger partial charge in [0, 0.05) is 6.04 Å². The molecule has 2 unspecified atom stereocenters. The highest BCUT2D eigenvalue weighted by Gasteiger charge is 2.34. The zero-order chi connectivity index (χ0) is 11.8. The first-order valence-electron chi connectivity index (χ1n) is 5.92. The summed E-state index contributed by atoms with van der Waals surface area (Å²) in [6.07, 6.45) is 4.45. The van der Waals surface area contributed by atoms with Crippen LogP contribution in [-0.2, 0) is 4.79 Å². The standard InChI is InChI=1S/C13H14N2O2/c16-13(17)9-4-3-7-11(9)15-8-14-10-5-1-2-6-12(10)15/h1-2,5-6,8-9,11H,3-4,7H2,(H,16,17). The lowest BCUT2D eigenvalue weighted by atomic mass is 10.0. The predicted octanol–water partition coefficient (Wildman–Crippen LogP) is 2.46. The topological polar surface area (TPSA) is 55.1 Å². The third-order valence-electron chi connectivity index (χ3n) is 3.64. The second kappa shape index (κ2) is 3.87. The second-order valence-electron chi connectivity index (χ2n) is 4.58. The molecule has 4 heteroatoms. The molecule has 2 atom stereocenters. The van der Waals surface area contributed by atoms with Crippen LogP contribution < -0.4 is 0 Å². The molecule has 1 aliphatic rings. The van der Waals surface area contributed by atoms with Crippen molar-refractivity contribution in [2.75, 3.05) is 0 Å². The fourth-order valence-corrected chi connectivity index (χ4v) is 2.80. The largest absolute Gasteiger partial charge is 0.481 e. The molecule has 1 heterocycles. The number of carboxylic acids is 1. The third kappa shape index (κ3) is 1.60. The molecule has 0 radical (unpaired) electrons. The highest BCUT2D eigenvalue weighted by atomic mass is 16.4. The molecule has 1 aromatic heterocycles. The first kappa shape index (κ1) is 10.3. The maximum absolute atomic E-state index is 11.2. The van der Waals surface area contributed by atoms with E-state index in [9.17, 15) is 9.90 Å². The molecule has 17 heavy (non-hydrogen) atoms. The van der Waals surface area contributed by atoms with Crippen LogP contribution in [0.3, 0.4) is 0 Å². The minimum absolute atomic E-state index is 0.0555. The Morgan fingerprint density at radius 3 is 3.00 bits per heavy atom. The van der Waals surface area contributed by atoms with Crippen LogP contribution in [0.1, 0.15) is 25.3 Å². The van der Waals surface area contributed by atoms with Gasteiger partial charge in [0.1, 0.15) is 0 Å². The summed E-state index contributed by atoms with van der Waals surface area (Å²) in [7, 11) is 0. The number of imidazole rings is 1. The average Bonchev–Trinajstić information content (AvgIpc) is 2.94. The van der Waals surface area contributed by atoms with Crippen LogP contribution in [0.25, 0.3) is 11.0 Å². The summed E-state index contributed by atoms with van der Waals surface area (Å²) in [5, 5.41) is 9.22. The number of nitrogens with zero attached hydrogens (tertiary/aromatic N) is 2. The molecule has 1 N–H and O–H groups in total. The Kier molecular flexibility index (Phi) is 2.35. The van der Waals surface area contributed by atoms with E-state index in [2.05, 4.69) is 4.98 Å². The molecular weight excluding hydrogens is 216 g/mol. The van der Waals surface area contributed by atoms with Gasteiger partial charge in [0.25, 0.3) is 0 Å². The van der Waals surface area contributed by atoms with E-state index in [1.807, 2.05) is 28.8 Å². The van der Waals surface area contributed by atoms with Gasteiger partial charge in [-0.1, -0.05) is 18.6 Å². The average molecular weight is 230 g/mol. The molecule has 1 saturated carbocycles. The van der Waals surface area contributed by atoms with Gasteiger partial charge in [-0.15, -0.1) is 0 Å². The molecule has 0 aliphatic heterocycles. The Morgan fingerprint density at radius 1 is 1.35 bits per heavy atom. The van der Waals surface area contributed by atoms with Gasteiger partial charge in [-0.2, -0.15) is 0 Å². The van der Waals surface area contributed by atoms with E-state index in [1.165, 1.54) is 0 Å². The highest BCUT2D eigenvalue weighted by Crippen LogP contribution is 2.37. The van der Waals surface area contributed by atoms with Gasteiger partial charge in [0.05, 0.1) is 23.3 Å². The van der Waals surface area contributed by atoms with Crippen LogP contribution in [0.15, 0.2) is 30.6 Å². The van der Waals surface area contributed by atoms with Gasteiger partial charge in [0.15, 0.2) is 0 Å². The zero-order valence-electron chi connectivity index (χ0n) is 9.41. The molecule has 0 spiro atoms. The monoisotopic (exact) mass is 230 g/mol. The Balaban J connectivity index is 2.06. The number of aliphatic carboxylic acids is 1. The summed E-state index contributed by atoms with van der Waals surface area (Å²) in [5.41, 5.74) is 1.97. The lowest BCUT2D eigenvalue weighted by Gasteiger charge is -2.18. The van der Waals surface area contributed by atoms with Crippen molar-refractivity contribution in [3.8, 4) is 0 Å². The maximum Gasteiger partial charge on any atom is 0.308 e. The van der Waals surface area contributed by atoms with E-state index in [1.54, 1.807) is 6.33 Å². The quantitative estimate of drug-likeness (QED) is 0.862. The van der Waals surface area contributed by atoms with Crippen LogP contribution in [0.2, 0.25) is 0 Å². The molecule has 3 rings (SSSR count). The van der Waals surface area contributed by atoms with Crippen LogP contribution in [0.5, 0.6) is 0 Å². The smallest absolute Gasteiger partial charge is 0.308 e. The Hall–Kier alpha value is -1.84. The van der Waals surface area contributed by atoms with Crippen molar-refractivity contribution in [1.82, 2.24) is 9.55 Å². The van der Waals surface area contributed by atoms with E-state index in [4.69, 9.17) is 0 Å². The van der Waals surface area contributed by atoms with Crippen LogP contribution in [-0.4, -0.2) is 20.6 Å². The van der Waals surface area contributed by atoms with Gasteiger partial charge >= 0.3 is 5.97 Å².